The van der Waals surface area contributed by atoms with Crippen LogP contribution >= 0.6 is 0 Å². The fourth-order valence-corrected chi connectivity index (χ4v) is 6.12. The Bertz CT molecular complexity index is 1360. The van der Waals surface area contributed by atoms with Crippen LogP contribution in [-0.2, 0) is 39.7 Å². The van der Waals surface area contributed by atoms with Crippen molar-refractivity contribution in [3.05, 3.63) is 82.9 Å². The van der Waals surface area contributed by atoms with E-state index >= 15 is 0 Å². The molecule has 0 N–H and O–H groups in total. The molecule has 0 spiro atoms. The van der Waals surface area contributed by atoms with E-state index in [0.29, 0.717) is 6.42 Å². The van der Waals surface area contributed by atoms with Crippen LogP contribution in [0.15, 0.2) is 71.8 Å². The zero-order chi connectivity index (χ0) is 33.8. The number of halogens is 6. The van der Waals surface area contributed by atoms with Crippen LogP contribution in [0.3, 0.4) is 0 Å². The summed E-state index contributed by atoms with van der Waals surface area (Å²) in [7, 11) is 1.59. The summed E-state index contributed by atoms with van der Waals surface area (Å²) in [5.41, 5.74) is -6.49. The summed E-state index contributed by atoms with van der Waals surface area (Å²) >= 11 is 0. The van der Waals surface area contributed by atoms with Gasteiger partial charge in [-0.05, 0) is 38.5 Å². The largest absolute Gasteiger partial charge is 0.460 e. The SMILES string of the molecule is CO[C@](C(=O)O[C@@H]1CC(C)=C(CC[C@@H](C)OC(=O)[C@@](OC)(c2ccccc2)C(F)(F)F)C(C)(C)C1)(c1ccccc1)C(F)(F)F. The molecule has 0 heterocycles. The number of allylic oxidation sites excluding steroid dienone is 1. The molecular weight excluding hydrogens is 606 g/mol. The molecule has 0 saturated carbocycles. The van der Waals surface area contributed by atoms with Gasteiger partial charge in [0.15, 0.2) is 0 Å². The van der Waals surface area contributed by atoms with Crippen molar-refractivity contribution in [3.8, 4) is 0 Å². The summed E-state index contributed by atoms with van der Waals surface area (Å²) in [4.78, 5) is 26.2. The summed E-state index contributed by atoms with van der Waals surface area (Å²) in [5, 5.41) is 0. The van der Waals surface area contributed by atoms with E-state index < -0.39 is 64.2 Å². The Kier molecular flexibility index (Phi) is 10.9. The number of hydrogen-bond donors (Lipinski definition) is 0. The topological polar surface area (TPSA) is 71.1 Å². The fourth-order valence-electron chi connectivity index (χ4n) is 6.12. The maximum atomic E-state index is 14.3. The third-order valence-corrected chi connectivity index (χ3v) is 8.33. The second-order valence-corrected chi connectivity index (χ2v) is 11.8. The van der Waals surface area contributed by atoms with Crippen molar-refractivity contribution in [2.75, 3.05) is 14.2 Å². The van der Waals surface area contributed by atoms with E-state index in [1.54, 1.807) is 6.92 Å². The average molecular weight is 645 g/mol. The lowest BCUT2D eigenvalue weighted by molar-refractivity contribution is -0.279. The highest BCUT2D eigenvalue weighted by Crippen LogP contribution is 2.47. The standard InChI is InChI=1S/C33H38F6O6/c1-21-19-25(45-28(41)31(43-6,33(37,38)39)24-15-11-8-12-16-24)20-29(3,4)26(21)18-17-22(2)44-27(40)30(42-5,32(34,35)36)23-13-9-7-10-14-23/h7-16,22,25H,17-20H2,1-6H3/t22-,25-,30+,31+/m1/s1. The van der Waals surface area contributed by atoms with E-state index in [2.05, 4.69) is 0 Å². The molecule has 45 heavy (non-hydrogen) atoms. The molecule has 0 bridgehead atoms. The molecule has 1 aliphatic rings. The van der Waals surface area contributed by atoms with Crippen LogP contribution in [0.1, 0.15) is 64.5 Å². The number of hydrogen-bond acceptors (Lipinski definition) is 6. The van der Waals surface area contributed by atoms with Crippen molar-refractivity contribution in [1.82, 2.24) is 0 Å². The van der Waals surface area contributed by atoms with Crippen molar-refractivity contribution in [3.63, 3.8) is 0 Å². The first-order chi connectivity index (χ1) is 20.9. The van der Waals surface area contributed by atoms with Crippen molar-refractivity contribution in [2.45, 2.75) is 89.1 Å². The van der Waals surface area contributed by atoms with Gasteiger partial charge in [0.05, 0.1) is 6.10 Å². The Morgan fingerprint density at radius 1 is 0.822 bits per heavy atom. The molecule has 3 rings (SSSR count). The number of methoxy groups -OCH3 is 2. The Balaban J connectivity index is 1.76. The van der Waals surface area contributed by atoms with Crippen LogP contribution in [0.5, 0.6) is 0 Å². The normalized spacial score (nSPS) is 20.5. The summed E-state index contributed by atoms with van der Waals surface area (Å²) in [6.07, 6.45) is -11.3. The summed E-state index contributed by atoms with van der Waals surface area (Å²) in [6, 6.07) is 13.0. The number of carbonyl (C=O) groups excluding carboxylic acids is 2. The molecule has 0 aromatic heterocycles. The zero-order valence-corrected chi connectivity index (χ0v) is 26.0. The monoisotopic (exact) mass is 644 g/mol. The fraction of sp³-hybridized carbons (Fsp3) is 0.515. The Labute approximate surface area is 258 Å². The number of rotatable bonds is 11. The molecule has 248 valence electrons. The first-order valence-corrected chi connectivity index (χ1v) is 14.3. The van der Waals surface area contributed by atoms with Gasteiger partial charge in [-0.2, -0.15) is 26.3 Å². The van der Waals surface area contributed by atoms with Gasteiger partial charge in [-0.15, -0.1) is 0 Å². The van der Waals surface area contributed by atoms with Gasteiger partial charge >= 0.3 is 24.3 Å². The molecule has 0 unspecified atom stereocenters. The molecular formula is C33H38F6O6. The maximum Gasteiger partial charge on any atom is 0.432 e. The number of alkyl halides is 6. The van der Waals surface area contributed by atoms with Gasteiger partial charge in [0.1, 0.15) is 6.10 Å². The Hall–Kier alpha value is -3.38. The highest BCUT2D eigenvalue weighted by molar-refractivity contribution is 5.83. The molecule has 12 heteroatoms. The molecule has 6 nitrogen and oxygen atoms in total. The third kappa shape index (κ3) is 7.06. The molecule has 0 aliphatic heterocycles. The molecule has 4 atom stereocenters. The molecule has 2 aromatic carbocycles. The van der Waals surface area contributed by atoms with Crippen molar-refractivity contribution >= 4 is 11.9 Å². The van der Waals surface area contributed by atoms with E-state index in [0.717, 1.165) is 49.6 Å². The van der Waals surface area contributed by atoms with Crippen LogP contribution < -0.4 is 0 Å². The minimum atomic E-state index is -5.11. The summed E-state index contributed by atoms with van der Waals surface area (Å²) in [5.74, 6) is -3.17. The second-order valence-electron chi connectivity index (χ2n) is 11.8. The quantitative estimate of drug-likeness (QED) is 0.141. The Morgan fingerprint density at radius 2 is 1.27 bits per heavy atom. The van der Waals surface area contributed by atoms with Gasteiger partial charge in [-0.25, -0.2) is 9.59 Å². The highest BCUT2D eigenvalue weighted by Gasteiger charge is 2.65. The maximum absolute atomic E-state index is 14.3. The second kappa shape index (κ2) is 13.5. The number of carbonyl (C=O) groups is 2. The van der Waals surface area contributed by atoms with Gasteiger partial charge in [-0.3, -0.25) is 0 Å². The molecule has 0 fully saturated rings. The van der Waals surface area contributed by atoms with Crippen LogP contribution in [0, 0.1) is 5.41 Å². The highest BCUT2D eigenvalue weighted by atomic mass is 19.4. The lowest BCUT2D eigenvalue weighted by Gasteiger charge is -2.40. The predicted octanol–water partition coefficient (Wildman–Crippen LogP) is 7.96. The van der Waals surface area contributed by atoms with Gasteiger partial charge in [0.2, 0.25) is 0 Å². The predicted molar refractivity (Wildman–Crippen MR) is 153 cm³/mol. The van der Waals surface area contributed by atoms with Crippen LogP contribution in [-0.4, -0.2) is 50.7 Å². The van der Waals surface area contributed by atoms with Crippen molar-refractivity contribution < 1.29 is 54.9 Å². The molecule has 0 radical (unpaired) electrons. The third-order valence-electron chi connectivity index (χ3n) is 8.33. The minimum absolute atomic E-state index is 0.139. The van der Waals surface area contributed by atoms with E-state index in [1.807, 2.05) is 13.8 Å². The van der Waals surface area contributed by atoms with E-state index in [4.69, 9.17) is 18.9 Å². The van der Waals surface area contributed by atoms with Crippen LogP contribution in [0.4, 0.5) is 26.3 Å². The van der Waals surface area contributed by atoms with E-state index in [9.17, 15) is 35.9 Å². The minimum Gasteiger partial charge on any atom is -0.460 e. The van der Waals surface area contributed by atoms with E-state index in [1.165, 1.54) is 43.3 Å². The smallest absolute Gasteiger partial charge is 0.432 e. The molecule has 0 amide bonds. The number of benzene rings is 2. The van der Waals surface area contributed by atoms with Gasteiger partial charge < -0.3 is 18.9 Å². The molecule has 2 aromatic rings. The number of esters is 2. The van der Waals surface area contributed by atoms with Gasteiger partial charge in [-0.1, -0.05) is 85.7 Å². The average Bonchev–Trinajstić information content (AvgIpc) is 2.93. The van der Waals surface area contributed by atoms with Gasteiger partial charge in [0.25, 0.3) is 11.2 Å². The summed E-state index contributed by atoms with van der Waals surface area (Å²) in [6.45, 7) is 6.90. The van der Waals surface area contributed by atoms with Crippen molar-refractivity contribution in [2.24, 2.45) is 5.41 Å². The zero-order valence-electron chi connectivity index (χ0n) is 26.0. The van der Waals surface area contributed by atoms with Crippen molar-refractivity contribution in [1.29, 1.82) is 0 Å². The van der Waals surface area contributed by atoms with Crippen LogP contribution in [0.2, 0.25) is 0 Å². The molecule has 1 aliphatic carbocycles. The number of ether oxygens (including phenoxy) is 4. The first kappa shape index (κ1) is 36.1. The lowest BCUT2D eigenvalue weighted by atomic mass is 9.70. The first-order valence-electron chi connectivity index (χ1n) is 14.3. The Morgan fingerprint density at radius 3 is 1.67 bits per heavy atom. The summed E-state index contributed by atoms with van der Waals surface area (Å²) < 4.78 is 106. The lowest BCUT2D eigenvalue weighted by Crippen LogP contribution is -2.53. The molecule has 0 saturated heterocycles. The van der Waals surface area contributed by atoms with Crippen LogP contribution in [0.25, 0.3) is 0 Å². The van der Waals surface area contributed by atoms with Gasteiger partial charge in [0, 0.05) is 31.8 Å². The van der Waals surface area contributed by atoms with E-state index in [-0.39, 0.29) is 19.3 Å².